The van der Waals surface area contributed by atoms with Crippen molar-refractivity contribution in [2.24, 2.45) is 0 Å². The van der Waals surface area contributed by atoms with Crippen LogP contribution in [0.5, 0.6) is 0 Å². The lowest BCUT2D eigenvalue weighted by Crippen LogP contribution is -2.46. The molecule has 0 spiro atoms. The molecule has 10 heteroatoms. The summed E-state index contributed by atoms with van der Waals surface area (Å²) >= 11 is 8.82. The van der Waals surface area contributed by atoms with Crippen molar-refractivity contribution in [3.05, 3.63) is 45.4 Å². The zero-order chi connectivity index (χ0) is 18.0. The van der Waals surface area contributed by atoms with Gasteiger partial charge in [-0.15, -0.1) is 23.1 Å². The maximum Gasteiger partial charge on any atom is 0.244 e. The zero-order valence-corrected chi connectivity index (χ0v) is 16.5. The molecule has 6 nitrogen and oxygen atoms in total. The average Bonchev–Trinajstić information content (AvgIpc) is 3.22. The Morgan fingerprint density at radius 1 is 1.48 bits per heavy atom. The highest BCUT2D eigenvalue weighted by atomic mass is 35.5. The van der Waals surface area contributed by atoms with Crippen molar-refractivity contribution in [2.75, 3.05) is 11.6 Å². The molecule has 25 heavy (non-hydrogen) atoms. The van der Waals surface area contributed by atoms with Crippen LogP contribution in [0.25, 0.3) is 0 Å². The van der Waals surface area contributed by atoms with E-state index in [2.05, 4.69) is 10.3 Å². The third-order valence-electron chi connectivity index (χ3n) is 3.66. The third kappa shape index (κ3) is 4.17. The Hall–Kier alpha value is -1.13. The first-order chi connectivity index (χ1) is 11.9. The minimum atomic E-state index is -3.78. The van der Waals surface area contributed by atoms with E-state index in [0.29, 0.717) is 10.8 Å². The highest BCUT2D eigenvalue weighted by Crippen LogP contribution is 2.29. The maximum absolute atomic E-state index is 12.8. The summed E-state index contributed by atoms with van der Waals surface area (Å²) in [5.74, 6) is 0.339. The predicted molar refractivity (Wildman–Crippen MR) is 100 cm³/mol. The van der Waals surface area contributed by atoms with E-state index in [4.69, 9.17) is 11.6 Å². The molecule has 1 amide bonds. The van der Waals surface area contributed by atoms with Gasteiger partial charge in [0.15, 0.2) is 0 Å². The molecule has 1 N–H and O–H groups in total. The first-order valence-corrected chi connectivity index (χ1v) is 11.3. The molecule has 1 saturated heterocycles. The number of carbonyl (C=O) groups excluding carboxylic acids is 1. The quantitative estimate of drug-likeness (QED) is 0.808. The fraction of sp³-hybridized carbons (Fsp3) is 0.333. The van der Waals surface area contributed by atoms with Crippen LogP contribution in [0.1, 0.15) is 10.7 Å². The van der Waals surface area contributed by atoms with Crippen LogP contribution in [0.4, 0.5) is 0 Å². The van der Waals surface area contributed by atoms with E-state index in [1.807, 2.05) is 12.3 Å². The van der Waals surface area contributed by atoms with E-state index < -0.39 is 16.1 Å². The molecule has 0 aliphatic carbocycles. The number of halogens is 1. The van der Waals surface area contributed by atoms with Crippen molar-refractivity contribution in [1.29, 1.82) is 0 Å². The number of sulfonamides is 1. The summed E-state index contributed by atoms with van der Waals surface area (Å²) in [6.45, 7) is 2.18. The van der Waals surface area contributed by atoms with Gasteiger partial charge in [0.05, 0.1) is 28.0 Å². The van der Waals surface area contributed by atoms with Gasteiger partial charge >= 0.3 is 0 Å². The van der Waals surface area contributed by atoms with E-state index in [1.54, 1.807) is 12.1 Å². The number of amides is 1. The fourth-order valence-electron chi connectivity index (χ4n) is 2.42. The fourth-order valence-corrected chi connectivity index (χ4v) is 6.48. The standard InChI is InChI=1S/C15H16ClN3O3S3/c1-10-18-12(7-24-10)6-17-15(20)14-8-23-9-19(14)25(21,22)13-4-2-3-11(16)5-13/h2-5,7,14H,6,8-9H2,1H3,(H,17,20)/t14-/m1/s1. The van der Waals surface area contributed by atoms with Gasteiger partial charge in [0.25, 0.3) is 0 Å². The lowest BCUT2D eigenvalue weighted by molar-refractivity contribution is -0.124. The molecular weight excluding hydrogens is 402 g/mol. The summed E-state index contributed by atoms with van der Waals surface area (Å²) in [6.07, 6.45) is 0. The van der Waals surface area contributed by atoms with Gasteiger partial charge in [-0.2, -0.15) is 4.31 Å². The molecule has 0 bridgehead atoms. The van der Waals surface area contributed by atoms with E-state index in [1.165, 1.54) is 39.5 Å². The maximum atomic E-state index is 12.8. The minimum Gasteiger partial charge on any atom is -0.349 e. The highest BCUT2D eigenvalue weighted by Gasteiger charge is 2.40. The monoisotopic (exact) mass is 417 g/mol. The summed E-state index contributed by atoms with van der Waals surface area (Å²) in [6, 6.07) is 5.33. The van der Waals surface area contributed by atoms with E-state index in [0.717, 1.165) is 10.7 Å². The lowest BCUT2D eigenvalue weighted by Gasteiger charge is -2.22. The number of hydrogen-bond donors (Lipinski definition) is 1. The van der Waals surface area contributed by atoms with E-state index in [9.17, 15) is 13.2 Å². The van der Waals surface area contributed by atoms with Crippen LogP contribution in [0, 0.1) is 6.92 Å². The predicted octanol–water partition coefficient (Wildman–Crippen LogP) is 2.48. The van der Waals surface area contributed by atoms with Crippen LogP contribution in [-0.2, 0) is 21.4 Å². The van der Waals surface area contributed by atoms with Crippen LogP contribution >= 0.6 is 34.7 Å². The summed E-state index contributed by atoms with van der Waals surface area (Å²) in [4.78, 5) is 16.9. The second kappa shape index (κ2) is 7.63. The van der Waals surface area contributed by atoms with Gasteiger partial charge in [-0.3, -0.25) is 4.79 Å². The van der Waals surface area contributed by atoms with Crippen LogP contribution < -0.4 is 5.32 Å². The molecular formula is C15H16ClN3O3S3. The van der Waals surface area contributed by atoms with Crippen molar-refractivity contribution in [3.8, 4) is 0 Å². The van der Waals surface area contributed by atoms with Crippen LogP contribution in [-0.4, -0.2) is 41.3 Å². The molecule has 1 atom stereocenters. The first kappa shape index (κ1) is 18.7. The molecule has 1 aromatic heterocycles. The SMILES string of the molecule is Cc1nc(CNC(=O)[C@H]2CSCN2S(=O)(=O)c2cccc(Cl)c2)cs1. The zero-order valence-electron chi connectivity index (χ0n) is 13.3. The second-order valence-electron chi connectivity index (χ2n) is 5.44. The molecule has 1 aliphatic heterocycles. The number of carbonyl (C=O) groups is 1. The Balaban J connectivity index is 1.74. The minimum absolute atomic E-state index is 0.0930. The van der Waals surface area contributed by atoms with E-state index in [-0.39, 0.29) is 23.2 Å². The largest absolute Gasteiger partial charge is 0.349 e. The van der Waals surface area contributed by atoms with Gasteiger partial charge in [0, 0.05) is 16.2 Å². The number of thiazole rings is 1. The molecule has 2 aromatic rings. The third-order valence-corrected chi connectivity index (χ3v) is 7.74. The smallest absolute Gasteiger partial charge is 0.244 e. The molecule has 0 radical (unpaired) electrons. The van der Waals surface area contributed by atoms with Crippen molar-refractivity contribution < 1.29 is 13.2 Å². The van der Waals surface area contributed by atoms with Crippen LogP contribution in [0.2, 0.25) is 5.02 Å². The summed E-state index contributed by atoms with van der Waals surface area (Å²) in [5.41, 5.74) is 0.769. The number of aromatic nitrogens is 1. The summed E-state index contributed by atoms with van der Waals surface area (Å²) < 4.78 is 26.9. The highest BCUT2D eigenvalue weighted by molar-refractivity contribution is 8.00. The number of benzene rings is 1. The van der Waals surface area contributed by atoms with Crippen molar-refractivity contribution in [3.63, 3.8) is 0 Å². The number of rotatable bonds is 5. The molecule has 0 unspecified atom stereocenters. The second-order valence-corrected chi connectivity index (χ2v) is 9.83. The van der Waals surface area contributed by atoms with Gasteiger partial charge in [0.2, 0.25) is 15.9 Å². The molecule has 1 fully saturated rings. The summed E-state index contributed by atoms with van der Waals surface area (Å²) in [5, 5.41) is 5.92. The van der Waals surface area contributed by atoms with Crippen LogP contribution in [0.3, 0.4) is 0 Å². The van der Waals surface area contributed by atoms with Gasteiger partial charge in [-0.25, -0.2) is 13.4 Å². The molecule has 134 valence electrons. The van der Waals surface area contributed by atoms with Crippen LogP contribution in [0.15, 0.2) is 34.5 Å². The lowest BCUT2D eigenvalue weighted by atomic mass is 10.3. The average molecular weight is 418 g/mol. The Morgan fingerprint density at radius 3 is 2.96 bits per heavy atom. The van der Waals surface area contributed by atoms with Gasteiger partial charge in [0.1, 0.15) is 6.04 Å². The van der Waals surface area contributed by atoms with Crippen molar-refractivity contribution >= 4 is 50.6 Å². The molecule has 2 heterocycles. The van der Waals surface area contributed by atoms with Gasteiger partial charge in [-0.1, -0.05) is 17.7 Å². The first-order valence-electron chi connectivity index (χ1n) is 7.42. The van der Waals surface area contributed by atoms with E-state index >= 15 is 0 Å². The number of hydrogen-bond acceptors (Lipinski definition) is 6. The Labute approximate surface area is 159 Å². The van der Waals surface area contributed by atoms with Gasteiger partial charge in [-0.05, 0) is 25.1 Å². The Kier molecular flexibility index (Phi) is 5.69. The van der Waals surface area contributed by atoms with Crippen molar-refractivity contribution in [2.45, 2.75) is 24.4 Å². The van der Waals surface area contributed by atoms with Crippen molar-refractivity contribution in [1.82, 2.24) is 14.6 Å². The summed E-state index contributed by atoms with van der Waals surface area (Å²) in [7, 11) is -3.78. The number of thioether (sulfide) groups is 1. The number of aryl methyl sites for hydroxylation is 1. The molecule has 1 aliphatic rings. The topological polar surface area (TPSA) is 79.4 Å². The Bertz CT molecular complexity index is 885. The Morgan fingerprint density at radius 2 is 2.28 bits per heavy atom. The number of nitrogens with zero attached hydrogens (tertiary/aromatic N) is 2. The number of nitrogens with one attached hydrogen (secondary N) is 1. The normalized spacial score (nSPS) is 18.4. The molecule has 3 rings (SSSR count). The van der Waals surface area contributed by atoms with Gasteiger partial charge < -0.3 is 5.32 Å². The molecule has 1 aromatic carbocycles. The molecule has 0 saturated carbocycles.